The lowest BCUT2D eigenvalue weighted by atomic mass is 9.33. The highest BCUT2D eigenvalue weighted by molar-refractivity contribution is 6.05. The Morgan fingerprint density at radius 1 is 1.04 bits per heavy atom. The molecule has 0 unspecified atom stereocenters. The van der Waals surface area contributed by atoms with E-state index >= 15 is 0 Å². The molecule has 0 aliphatic heterocycles. The summed E-state index contributed by atoms with van der Waals surface area (Å²) in [5.41, 5.74) is -3.26. The predicted molar refractivity (Wildman–Crippen MR) is 169 cm³/mol. The first-order valence-corrected chi connectivity index (χ1v) is 16.5. The van der Waals surface area contributed by atoms with Gasteiger partial charge in [-0.2, -0.15) is 5.26 Å². The van der Waals surface area contributed by atoms with Gasteiger partial charge >= 0.3 is 0 Å². The standard InChI is InChI=1S/C37H48N4O4/c1-31(2)25-9-11-35(6)26(34(25,5)18-23(20-38)29(31)43)17-28(42)37(45)27-19-32(3,12-13-33(27,4)14-15-36(35,37)7)21-41(8)30(44)24-10-16-39-22-40-24/h10,16-18,22,25,27,45H,9,11-15,19,21H2,1-8H3/t25-,27+,32-,33+,34-,35+,36-,37+/m0/s1. The van der Waals surface area contributed by atoms with Crippen LogP contribution in [0.3, 0.4) is 0 Å². The maximum atomic E-state index is 14.7. The molecule has 0 saturated heterocycles. The molecule has 0 aromatic carbocycles. The van der Waals surface area contributed by atoms with Crippen LogP contribution in [0.4, 0.5) is 0 Å². The third kappa shape index (κ3) is 4.01. The number of carbonyl (C=O) groups excluding carboxylic acids is 3. The molecule has 8 atom stereocenters. The predicted octanol–water partition coefficient (Wildman–Crippen LogP) is 5.88. The van der Waals surface area contributed by atoms with Gasteiger partial charge in [0.25, 0.3) is 5.91 Å². The van der Waals surface area contributed by atoms with Gasteiger partial charge < -0.3 is 10.0 Å². The van der Waals surface area contributed by atoms with Crippen LogP contribution in [-0.2, 0) is 9.59 Å². The van der Waals surface area contributed by atoms with E-state index < -0.39 is 27.3 Å². The number of carbonyl (C=O) groups is 3. The summed E-state index contributed by atoms with van der Waals surface area (Å²) >= 11 is 0. The Labute approximate surface area is 267 Å². The molecule has 5 aliphatic rings. The minimum atomic E-state index is -1.58. The average Bonchev–Trinajstić information content (AvgIpc) is 2.99. The summed E-state index contributed by atoms with van der Waals surface area (Å²) in [5, 5.41) is 23.1. The van der Waals surface area contributed by atoms with Gasteiger partial charge in [0.15, 0.2) is 11.6 Å². The molecule has 240 valence electrons. The summed E-state index contributed by atoms with van der Waals surface area (Å²) in [5.74, 6) is -0.874. The second-order valence-electron chi connectivity index (χ2n) is 16.9. The highest BCUT2D eigenvalue weighted by Gasteiger charge is 2.75. The van der Waals surface area contributed by atoms with Crippen molar-refractivity contribution in [3.8, 4) is 6.07 Å². The zero-order valence-corrected chi connectivity index (χ0v) is 28.2. The molecule has 8 nitrogen and oxygen atoms in total. The van der Waals surface area contributed by atoms with Crippen molar-refractivity contribution >= 4 is 17.5 Å². The second-order valence-corrected chi connectivity index (χ2v) is 16.9. The van der Waals surface area contributed by atoms with Gasteiger partial charge in [-0.15, -0.1) is 0 Å². The van der Waals surface area contributed by atoms with E-state index in [1.54, 1.807) is 30.3 Å². The van der Waals surface area contributed by atoms with E-state index in [1.165, 1.54) is 6.33 Å². The highest BCUT2D eigenvalue weighted by atomic mass is 16.3. The van der Waals surface area contributed by atoms with Crippen molar-refractivity contribution in [3.63, 3.8) is 0 Å². The number of aliphatic hydroxyl groups is 1. The summed E-state index contributed by atoms with van der Waals surface area (Å²) in [6.45, 7) is 15.3. The van der Waals surface area contributed by atoms with Gasteiger partial charge in [0, 0.05) is 42.0 Å². The van der Waals surface area contributed by atoms with Crippen LogP contribution in [0.2, 0.25) is 0 Å². The summed E-state index contributed by atoms with van der Waals surface area (Å²) in [4.78, 5) is 51.1. The number of ketones is 2. The first-order chi connectivity index (χ1) is 20.8. The Kier molecular flexibility index (Phi) is 6.83. The van der Waals surface area contributed by atoms with Crippen LogP contribution in [0.25, 0.3) is 0 Å². The van der Waals surface area contributed by atoms with Crippen LogP contribution in [0.15, 0.2) is 41.9 Å². The molecule has 5 aliphatic carbocycles. The van der Waals surface area contributed by atoms with Crippen LogP contribution in [0, 0.1) is 55.7 Å². The van der Waals surface area contributed by atoms with E-state index in [1.807, 2.05) is 19.9 Å². The number of nitriles is 1. The number of Topliss-reactive ketones (excluding diaryl/α,β-unsaturated/α-hetero) is 1. The van der Waals surface area contributed by atoms with Crippen LogP contribution >= 0.6 is 0 Å². The number of allylic oxidation sites excluding steroid dienone is 3. The highest BCUT2D eigenvalue weighted by Crippen LogP contribution is 2.75. The molecule has 1 amide bonds. The number of hydrogen-bond donors (Lipinski definition) is 1. The molecule has 3 saturated carbocycles. The maximum Gasteiger partial charge on any atom is 0.272 e. The summed E-state index contributed by atoms with van der Waals surface area (Å²) in [6.07, 6.45) is 12.1. The van der Waals surface area contributed by atoms with E-state index in [-0.39, 0.29) is 45.7 Å². The Morgan fingerprint density at radius 2 is 1.73 bits per heavy atom. The largest absolute Gasteiger partial charge is 0.381 e. The van der Waals surface area contributed by atoms with Crippen molar-refractivity contribution in [2.75, 3.05) is 13.6 Å². The third-order valence-electron chi connectivity index (χ3n) is 14.1. The average molecular weight is 613 g/mol. The fraction of sp³-hybridized carbons (Fsp3) is 0.676. The van der Waals surface area contributed by atoms with Crippen LogP contribution in [0.5, 0.6) is 0 Å². The van der Waals surface area contributed by atoms with E-state index in [0.29, 0.717) is 18.7 Å². The van der Waals surface area contributed by atoms with Gasteiger partial charge in [0.2, 0.25) is 0 Å². The van der Waals surface area contributed by atoms with Gasteiger partial charge in [-0.1, -0.05) is 54.5 Å². The molecular weight excluding hydrogens is 564 g/mol. The van der Waals surface area contributed by atoms with Crippen molar-refractivity contribution in [1.29, 1.82) is 5.26 Å². The van der Waals surface area contributed by atoms with Crippen molar-refractivity contribution < 1.29 is 19.5 Å². The van der Waals surface area contributed by atoms with Crippen molar-refractivity contribution in [2.24, 2.45) is 44.3 Å². The monoisotopic (exact) mass is 612 g/mol. The molecule has 3 fully saturated rings. The van der Waals surface area contributed by atoms with E-state index in [2.05, 4.69) is 50.7 Å². The molecule has 45 heavy (non-hydrogen) atoms. The summed E-state index contributed by atoms with van der Waals surface area (Å²) in [7, 11) is 1.80. The molecule has 8 heteroatoms. The van der Waals surface area contributed by atoms with E-state index in [0.717, 1.165) is 44.1 Å². The topological polar surface area (TPSA) is 124 Å². The van der Waals surface area contributed by atoms with Crippen LogP contribution < -0.4 is 0 Å². The van der Waals surface area contributed by atoms with Gasteiger partial charge in [0.05, 0.1) is 5.57 Å². The normalized spacial score (nSPS) is 43.4. The van der Waals surface area contributed by atoms with Gasteiger partial charge in [0.1, 0.15) is 23.7 Å². The van der Waals surface area contributed by atoms with E-state index in [9.17, 15) is 24.8 Å². The van der Waals surface area contributed by atoms with Crippen molar-refractivity contribution in [2.45, 2.75) is 99.0 Å². The lowest BCUT2D eigenvalue weighted by Gasteiger charge is -2.71. The number of aromatic nitrogens is 2. The van der Waals surface area contributed by atoms with E-state index in [4.69, 9.17) is 0 Å². The molecule has 0 bridgehead atoms. The molecule has 1 N–H and O–H groups in total. The number of nitrogens with zero attached hydrogens (tertiary/aromatic N) is 4. The van der Waals surface area contributed by atoms with Crippen molar-refractivity contribution in [1.82, 2.24) is 14.9 Å². The SMILES string of the molecule is CN(C[C@@]1(C)CC[C@]2(C)CC[C@@]3(C)[C@]4(C)CC[C@H]5C(C)(C)C(=O)C(C#N)=C[C@]5(C)C4=CC(=O)[C@]3(O)[C@@H]2C1)C(=O)c1ccncn1. The maximum absolute atomic E-state index is 14.7. The molecule has 1 aromatic rings. The first-order valence-electron chi connectivity index (χ1n) is 16.5. The third-order valence-corrected chi connectivity index (χ3v) is 14.1. The smallest absolute Gasteiger partial charge is 0.272 e. The Morgan fingerprint density at radius 3 is 2.38 bits per heavy atom. The number of hydrogen-bond acceptors (Lipinski definition) is 7. The number of amides is 1. The quantitative estimate of drug-likeness (QED) is 0.452. The Balaban J connectivity index is 1.41. The minimum absolute atomic E-state index is 0.0497. The molecule has 1 heterocycles. The molecule has 0 spiro atoms. The fourth-order valence-electron chi connectivity index (χ4n) is 11.2. The molecular formula is C37H48N4O4. The zero-order chi connectivity index (χ0) is 33.0. The lowest BCUT2D eigenvalue weighted by Crippen LogP contribution is -2.74. The number of fused-ring (bicyclic) bond motifs is 7. The zero-order valence-electron chi connectivity index (χ0n) is 28.2. The lowest BCUT2D eigenvalue weighted by molar-refractivity contribution is -0.243. The Bertz CT molecular complexity index is 1590. The van der Waals surface area contributed by atoms with Gasteiger partial charge in [-0.05, 0) is 84.8 Å². The number of rotatable bonds is 3. The molecule has 6 rings (SSSR count). The first kappa shape index (κ1) is 31.8. The van der Waals surface area contributed by atoms with Gasteiger partial charge in [-0.3, -0.25) is 14.4 Å². The summed E-state index contributed by atoms with van der Waals surface area (Å²) in [6, 6.07) is 3.78. The summed E-state index contributed by atoms with van der Waals surface area (Å²) < 4.78 is 0. The van der Waals surface area contributed by atoms with Gasteiger partial charge in [-0.25, -0.2) is 9.97 Å². The van der Waals surface area contributed by atoms with Crippen molar-refractivity contribution in [3.05, 3.63) is 47.6 Å². The molecule has 0 radical (unpaired) electrons. The van der Waals surface area contributed by atoms with Crippen LogP contribution in [-0.4, -0.2) is 56.6 Å². The molecule has 1 aromatic heterocycles. The second kappa shape index (κ2) is 9.67. The Hall–Kier alpha value is -3.18. The fourth-order valence-corrected chi connectivity index (χ4v) is 11.2. The van der Waals surface area contributed by atoms with Crippen LogP contribution in [0.1, 0.15) is 104 Å². The minimum Gasteiger partial charge on any atom is -0.381 e.